The van der Waals surface area contributed by atoms with E-state index in [0.717, 1.165) is 34.4 Å². The Kier molecular flexibility index (Phi) is 10.8. The summed E-state index contributed by atoms with van der Waals surface area (Å²) in [5.74, 6) is 2.59. The maximum Gasteiger partial charge on any atom is 0.0273 e. The van der Waals surface area contributed by atoms with E-state index in [-0.39, 0.29) is 22.4 Å². The zero-order valence-electron chi connectivity index (χ0n) is 31.0. The summed E-state index contributed by atoms with van der Waals surface area (Å²) in [6.45, 7) is 21.7. The quantitative estimate of drug-likeness (QED) is 0.123. The van der Waals surface area contributed by atoms with E-state index >= 15 is 0 Å². The van der Waals surface area contributed by atoms with Gasteiger partial charge in [0.1, 0.15) is 0 Å². The molecule has 51 heavy (non-hydrogen) atoms. The molecule has 1 radical (unpaired) electrons. The topological polar surface area (TPSA) is 37.9 Å². The molecule has 0 aliphatic carbocycles. The van der Waals surface area contributed by atoms with Gasteiger partial charge in [-0.3, -0.25) is 0 Å². The van der Waals surface area contributed by atoms with Gasteiger partial charge in [-0.25, -0.2) is 0 Å². The van der Waals surface area contributed by atoms with Crippen LogP contribution in [0.15, 0.2) is 109 Å². The van der Waals surface area contributed by atoms with Crippen molar-refractivity contribution in [2.75, 3.05) is 9.80 Å². The Morgan fingerprint density at radius 1 is 0.569 bits per heavy atom. The predicted octanol–water partition coefficient (Wildman–Crippen LogP) is 12.1. The summed E-state index contributed by atoms with van der Waals surface area (Å²) < 4.78 is 2.10. The summed E-state index contributed by atoms with van der Waals surface area (Å²) >= 11 is 0. The summed E-state index contributed by atoms with van der Waals surface area (Å²) in [4.78, 5) is 14.0. The van der Waals surface area contributed by atoms with E-state index in [0.29, 0.717) is 23.7 Å². The molecule has 0 bridgehead atoms. The van der Waals surface area contributed by atoms with Gasteiger partial charge in [-0.15, -0.1) is 6.67 Å². The molecule has 8 rings (SSSR count). The van der Waals surface area contributed by atoms with E-state index in [1.165, 1.54) is 44.9 Å². The van der Waals surface area contributed by atoms with Crippen molar-refractivity contribution in [1.29, 1.82) is 0 Å². The maximum atomic E-state index is 4.50. The molecule has 0 atom stereocenters. The first-order chi connectivity index (χ1) is 24.1. The molecule has 5 nitrogen and oxygen atoms in total. The number of para-hydroxylation sites is 7. The van der Waals surface area contributed by atoms with Crippen molar-refractivity contribution in [1.82, 2.24) is 14.4 Å². The van der Waals surface area contributed by atoms with Crippen LogP contribution in [-0.2, 0) is 28.9 Å². The Balaban J connectivity index is 0.000000218. The predicted molar refractivity (Wildman–Crippen MR) is 212 cm³/mol. The standard InChI is InChI=1S/C32H41N2.C13H8N3.Au/c1-21(2)26-14-11-15-27(22(3)4)31(26)33-19-25-13-9-10-18-30(25)34(20-33)32-28(23(5)6)16-12-17-29(32)24(7)8;1-3-7-11-9(5-1)14-13-15-10-6-2-4-8-12(10)16(11)13;/h9-18,20-24H,19H2,1-8H3;1-8H;/q2*-1;. The summed E-state index contributed by atoms with van der Waals surface area (Å²) in [6.07, 6.45) is 0. The molecule has 7 aromatic rings. The monoisotopic (exact) mass is 856 g/mol. The molecule has 267 valence electrons. The van der Waals surface area contributed by atoms with Crippen molar-refractivity contribution < 1.29 is 22.4 Å². The van der Waals surface area contributed by atoms with E-state index in [2.05, 4.69) is 159 Å². The number of aromatic nitrogens is 3. The van der Waals surface area contributed by atoms with E-state index in [1.54, 1.807) is 0 Å². The number of imidazole rings is 2. The minimum Gasteiger partial charge on any atom is -0.499 e. The maximum absolute atomic E-state index is 4.50. The van der Waals surface area contributed by atoms with Gasteiger partial charge in [0.2, 0.25) is 0 Å². The van der Waals surface area contributed by atoms with Crippen molar-refractivity contribution in [3.63, 3.8) is 0 Å². The number of fused-ring (bicyclic) bond motifs is 6. The van der Waals surface area contributed by atoms with Crippen LogP contribution >= 0.6 is 0 Å². The SMILES string of the molecule is CC(C)c1cccc(C(C)C)c1N1[CH-]N(c2c(C(C)C)cccc2C(C)C)c2ccccc2C1.[Au].c1ccc2c(c1)nc1[n-]c3ccccc3n12. The van der Waals surface area contributed by atoms with Crippen molar-refractivity contribution in [2.45, 2.75) is 85.6 Å². The second kappa shape index (κ2) is 15.1. The van der Waals surface area contributed by atoms with Crippen LogP contribution in [0.25, 0.3) is 27.8 Å². The smallest absolute Gasteiger partial charge is 0.0273 e. The number of anilines is 3. The Bertz CT molecular complexity index is 2160. The van der Waals surface area contributed by atoms with E-state index in [4.69, 9.17) is 0 Å². The Morgan fingerprint density at radius 3 is 1.69 bits per heavy atom. The van der Waals surface area contributed by atoms with Crippen LogP contribution in [-0.4, -0.2) is 9.38 Å². The van der Waals surface area contributed by atoms with Crippen LogP contribution in [0.5, 0.6) is 0 Å². The molecule has 3 heterocycles. The Labute approximate surface area is 319 Å². The van der Waals surface area contributed by atoms with Gasteiger partial charge < -0.3 is 24.2 Å². The first-order valence-electron chi connectivity index (χ1n) is 18.2. The fourth-order valence-corrected chi connectivity index (χ4v) is 7.44. The van der Waals surface area contributed by atoms with Crippen LogP contribution in [0.2, 0.25) is 0 Å². The van der Waals surface area contributed by atoms with Crippen molar-refractivity contribution in [3.05, 3.63) is 144 Å². The first-order valence-corrected chi connectivity index (χ1v) is 18.2. The molecule has 0 unspecified atom stereocenters. The van der Waals surface area contributed by atoms with Crippen molar-refractivity contribution >= 4 is 44.9 Å². The van der Waals surface area contributed by atoms with Gasteiger partial charge in [0, 0.05) is 73.8 Å². The van der Waals surface area contributed by atoms with E-state index in [1.807, 2.05) is 36.4 Å². The molecule has 1 aliphatic rings. The van der Waals surface area contributed by atoms with E-state index in [9.17, 15) is 0 Å². The molecule has 2 aromatic heterocycles. The van der Waals surface area contributed by atoms with Crippen LogP contribution in [0.3, 0.4) is 0 Å². The minimum atomic E-state index is 0. The largest absolute Gasteiger partial charge is 0.499 e. The molecule has 0 saturated carbocycles. The molecule has 0 amide bonds. The third-order valence-corrected chi connectivity index (χ3v) is 9.95. The summed E-state index contributed by atoms with van der Waals surface area (Å²) in [5.41, 5.74) is 15.3. The second-order valence-electron chi connectivity index (χ2n) is 14.8. The molecular formula is C45H49AuN5-2. The Hall–Kier alpha value is -4.29. The van der Waals surface area contributed by atoms with Gasteiger partial charge in [0.25, 0.3) is 0 Å². The normalized spacial score (nSPS) is 13.0. The van der Waals surface area contributed by atoms with Gasteiger partial charge in [-0.1, -0.05) is 159 Å². The fraction of sp³-hybridized carbons (Fsp3) is 0.289. The van der Waals surface area contributed by atoms with Gasteiger partial charge in [-0.2, -0.15) is 0 Å². The molecule has 6 heteroatoms. The van der Waals surface area contributed by atoms with Crippen molar-refractivity contribution in [2.24, 2.45) is 0 Å². The van der Waals surface area contributed by atoms with Gasteiger partial charge in [0.05, 0.1) is 0 Å². The fourth-order valence-electron chi connectivity index (χ4n) is 7.44. The zero-order chi connectivity index (χ0) is 35.1. The van der Waals surface area contributed by atoms with Crippen LogP contribution < -0.4 is 14.8 Å². The summed E-state index contributed by atoms with van der Waals surface area (Å²) in [7, 11) is 0. The first kappa shape index (κ1) is 36.5. The third-order valence-electron chi connectivity index (χ3n) is 9.95. The van der Waals surface area contributed by atoms with Gasteiger partial charge >= 0.3 is 0 Å². The molecule has 0 spiro atoms. The number of nitrogens with zero attached hydrogens (tertiary/aromatic N) is 5. The van der Waals surface area contributed by atoms with Crippen LogP contribution in [0, 0.1) is 6.67 Å². The van der Waals surface area contributed by atoms with E-state index < -0.39 is 0 Å². The summed E-state index contributed by atoms with van der Waals surface area (Å²) in [6, 6.07) is 38.8. The number of benzene rings is 5. The Morgan fingerprint density at radius 2 is 1.08 bits per heavy atom. The molecule has 0 fully saturated rings. The minimum absolute atomic E-state index is 0. The molecule has 1 aliphatic heterocycles. The zero-order valence-corrected chi connectivity index (χ0v) is 33.2. The number of hydrogen-bond donors (Lipinski definition) is 0. The van der Waals surface area contributed by atoms with Crippen LogP contribution in [0.4, 0.5) is 17.1 Å². The van der Waals surface area contributed by atoms with Gasteiger partial charge in [-0.05, 0) is 57.6 Å². The number of rotatable bonds is 6. The molecule has 0 N–H and O–H groups in total. The average molecular weight is 857 g/mol. The third kappa shape index (κ3) is 6.87. The number of hydrogen-bond acceptors (Lipinski definition) is 3. The van der Waals surface area contributed by atoms with Crippen molar-refractivity contribution in [3.8, 4) is 0 Å². The van der Waals surface area contributed by atoms with Gasteiger partial charge in [0.15, 0.2) is 0 Å². The second-order valence-corrected chi connectivity index (χ2v) is 14.8. The summed E-state index contributed by atoms with van der Waals surface area (Å²) in [5, 5.41) is 0. The average Bonchev–Trinajstić information content (AvgIpc) is 3.67. The molecule has 0 saturated heterocycles. The molecular weight excluding hydrogens is 807 g/mol. The van der Waals surface area contributed by atoms with Crippen LogP contribution in [0.1, 0.15) is 107 Å². The molecule has 5 aromatic carbocycles.